The van der Waals surface area contributed by atoms with Crippen LogP contribution in [0.5, 0.6) is 0 Å². The molecule has 6 aromatic rings. The lowest BCUT2D eigenvalue weighted by Gasteiger charge is -2.08. The Morgan fingerprint density at radius 2 is 1.76 bits per heavy atom. The van der Waals surface area contributed by atoms with Crippen LogP contribution in [0.2, 0.25) is 5.02 Å². The van der Waals surface area contributed by atoms with Crippen LogP contribution in [0.1, 0.15) is 0 Å². The first-order valence-corrected chi connectivity index (χ1v) is 10.4. The molecule has 0 amide bonds. The van der Waals surface area contributed by atoms with E-state index in [-0.39, 0.29) is 22.0 Å². The Morgan fingerprint density at radius 3 is 2.55 bits per heavy atom. The van der Waals surface area contributed by atoms with E-state index in [4.69, 9.17) is 11.6 Å². The van der Waals surface area contributed by atoms with Gasteiger partial charge in [0.25, 0.3) is 5.56 Å². The largest absolute Gasteiger partial charge is 0.337 e. The summed E-state index contributed by atoms with van der Waals surface area (Å²) in [5.41, 5.74) is 2.56. The lowest BCUT2D eigenvalue weighted by Crippen LogP contribution is -2.05. The molecule has 33 heavy (non-hydrogen) atoms. The van der Waals surface area contributed by atoms with E-state index in [1.54, 1.807) is 24.4 Å². The van der Waals surface area contributed by atoms with Gasteiger partial charge < -0.3 is 9.97 Å². The van der Waals surface area contributed by atoms with Crippen molar-refractivity contribution in [3.8, 4) is 22.5 Å². The molecule has 0 atom stereocenters. The lowest BCUT2D eigenvalue weighted by molar-refractivity contribution is 0.584. The zero-order valence-corrected chi connectivity index (χ0v) is 17.5. The summed E-state index contributed by atoms with van der Waals surface area (Å²) >= 11 is 6.27. The standard InChI is InChI=1S/C25H13ClF2N4O/c26-17-2-1-3-18(27)21(17)24-31-22-14-6-4-12(13-5-7-19(28)30-11-13)10-16(14)20-15(23(22)32-24)8-9-29-25(20)33/h1-11H,(H,29,33)(H,31,32). The maximum absolute atomic E-state index is 14.6. The summed E-state index contributed by atoms with van der Waals surface area (Å²) < 4.78 is 27.9. The average Bonchev–Trinajstić information content (AvgIpc) is 3.24. The molecule has 5 nitrogen and oxygen atoms in total. The summed E-state index contributed by atoms with van der Waals surface area (Å²) in [6, 6.07) is 14.7. The fourth-order valence-electron chi connectivity index (χ4n) is 4.24. The van der Waals surface area contributed by atoms with Gasteiger partial charge in [-0.15, -0.1) is 0 Å². The van der Waals surface area contributed by atoms with Crippen LogP contribution in [-0.4, -0.2) is 19.9 Å². The number of rotatable bonds is 2. The van der Waals surface area contributed by atoms with E-state index in [1.807, 2.05) is 18.2 Å². The minimum absolute atomic E-state index is 0.163. The van der Waals surface area contributed by atoms with Crippen molar-refractivity contribution in [2.45, 2.75) is 0 Å². The van der Waals surface area contributed by atoms with Gasteiger partial charge in [-0.05, 0) is 47.3 Å². The highest BCUT2D eigenvalue weighted by Crippen LogP contribution is 2.37. The molecule has 0 spiro atoms. The van der Waals surface area contributed by atoms with Gasteiger partial charge in [-0.2, -0.15) is 4.39 Å². The van der Waals surface area contributed by atoms with Crippen molar-refractivity contribution >= 4 is 44.2 Å². The first kappa shape index (κ1) is 19.6. The smallest absolute Gasteiger partial charge is 0.256 e. The van der Waals surface area contributed by atoms with Gasteiger partial charge in [0.15, 0.2) is 0 Å². The third-order valence-electron chi connectivity index (χ3n) is 5.74. The van der Waals surface area contributed by atoms with E-state index < -0.39 is 11.8 Å². The fourth-order valence-corrected chi connectivity index (χ4v) is 4.50. The highest BCUT2D eigenvalue weighted by Gasteiger charge is 2.19. The molecule has 0 fully saturated rings. The summed E-state index contributed by atoms with van der Waals surface area (Å²) in [5.74, 6) is -0.799. The van der Waals surface area contributed by atoms with Crippen molar-refractivity contribution in [2.75, 3.05) is 0 Å². The second kappa shape index (κ2) is 7.21. The van der Waals surface area contributed by atoms with Crippen LogP contribution in [0.3, 0.4) is 0 Å². The number of hydrogen-bond acceptors (Lipinski definition) is 3. The number of H-pyrrole nitrogens is 2. The Bertz CT molecular complexity index is 1750. The number of hydrogen-bond donors (Lipinski definition) is 2. The number of aromatic nitrogens is 4. The summed E-state index contributed by atoms with van der Waals surface area (Å²) in [6.45, 7) is 0. The van der Waals surface area contributed by atoms with Crippen LogP contribution < -0.4 is 5.56 Å². The monoisotopic (exact) mass is 458 g/mol. The van der Waals surface area contributed by atoms with Crippen LogP contribution in [-0.2, 0) is 0 Å². The molecule has 0 saturated heterocycles. The lowest BCUT2D eigenvalue weighted by atomic mass is 9.97. The van der Waals surface area contributed by atoms with E-state index in [0.717, 1.165) is 5.56 Å². The molecular formula is C25H13ClF2N4O. The van der Waals surface area contributed by atoms with Gasteiger partial charge in [0.1, 0.15) is 11.6 Å². The summed E-state index contributed by atoms with van der Waals surface area (Å²) in [6.07, 6.45) is 2.99. The molecule has 6 rings (SSSR count). The number of pyridine rings is 2. The molecule has 0 saturated carbocycles. The van der Waals surface area contributed by atoms with E-state index in [9.17, 15) is 13.6 Å². The number of aromatic amines is 2. The molecule has 0 aliphatic carbocycles. The molecule has 0 aliphatic rings. The van der Waals surface area contributed by atoms with Gasteiger partial charge in [-0.1, -0.05) is 29.8 Å². The third kappa shape index (κ3) is 3.01. The molecule has 0 unspecified atom stereocenters. The van der Waals surface area contributed by atoms with Crippen LogP contribution in [0, 0.1) is 11.8 Å². The topological polar surface area (TPSA) is 74.4 Å². The predicted molar refractivity (Wildman–Crippen MR) is 125 cm³/mol. The summed E-state index contributed by atoms with van der Waals surface area (Å²) in [5, 5.41) is 2.71. The van der Waals surface area contributed by atoms with Crippen molar-refractivity contribution < 1.29 is 8.78 Å². The van der Waals surface area contributed by atoms with Gasteiger partial charge in [-0.3, -0.25) is 4.79 Å². The second-order valence-corrected chi connectivity index (χ2v) is 8.04. The maximum atomic E-state index is 14.6. The van der Waals surface area contributed by atoms with Crippen LogP contribution in [0.25, 0.3) is 55.1 Å². The quantitative estimate of drug-likeness (QED) is 0.239. The van der Waals surface area contributed by atoms with Crippen molar-refractivity contribution in [1.82, 2.24) is 19.9 Å². The van der Waals surface area contributed by atoms with E-state index in [2.05, 4.69) is 19.9 Å². The Hall–Kier alpha value is -4.10. The van der Waals surface area contributed by atoms with Crippen LogP contribution in [0.4, 0.5) is 8.78 Å². The molecular weight excluding hydrogens is 446 g/mol. The maximum Gasteiger partial charge on any atom is 0.256 e. The van der Waals surface area contributed by atoms with E-state index in [0.29, 0.717) is 38.1 Å². The van der Waals surface area contributed by atoms with Crippen LogP contribution >= 0.6 is 11.6 Å². The second-order valence-electron chi connectivity index (χ2n) is 7.63. The van der Waals surface area contributed by atoms with Crippen molar-refractivity contribution in [3.63, 3.8) is 0 Å². The Morgan fingerprint density at radius 1 is 0.909 bits per heavy atom. The number of imidazole rings is 1. The number of nitrogens with zero attached hydrogens (tertiary/aromatic N) is 2. The van der Waals surface area contributed by atoms with Gasteiger partial charge in [-0.25, -0.2) is 14.4 Å². The average molecular weight is 459 g/mol. The minimum Gasteiger partial charge on any atom is -0.337 e. The molecule has 3 aromatic carbocycles. The third-order valence-corrected chi connectivity index (χ3v) is 6.05. The SMILES string of the molecule is O=c1[nH]ccc2c3[nH]c(-c4c(F)cccc4Cl)nc3c3ccc(-c4ccc(F)nc4)cc3c12. The number of nitrogens with one attached hydrogen (secondary N) is 2. The first-order valence-electron chi connectivity index (χ1n) is 10.0. The van der Waals surface area contributed by atoms with E-state index >= 15 is 0 Å². The molecule has 2 N–H and O–H groups in total. The Labute approximate surface area is 189 Å². The number of fused-ring (bicyclic) bond motifs is 6. The Balaban J connectivity index is 1.73. The molecule has 160 valence electrons. The first-order chi connectivity index (χ1) is 16.0. The van der Waals surface area contributed by atoms with Crippen molar-refractivity contribution in [3.05, 3.63) is 94.1 Å². The minimum atomic E-state index is -0.570. The van der Waals surface area contributed by atoms with E-state index in [1.165, 1.54) is 24.4 Å². The fraction of sp³-hybridized carbons (Fsp3) is 0. The van der Waals surface area contributed by atoms with Crippen LogP contribution in [0.15, 0.2) is 71.8 Å². The van der Waals surface area contributed by atoms with Gasteiger partial charge in [0.05, 0.1) is 27.0 Å². The van der Waals surface area contributed by atoms with Crippen molar-refractivity contribution in [1.29, 1.82) is 0 Å². The molecule has 3 heterocycles. The summed E-state index contributed by atoms with van der Waals surface area (Å²) in [4.78, 5) is 27.2. The highest BCUT2D eigenvalue weighted by molar-refractivity contribution is 6.33. The molecule has 0 bridgehead atoms. The zero-order chi connectivity index (χ0) is 22.7. The highest BCUT2D eigenvalue weighted by atomic mass is 35.5. The summed E-state index contributed by atoms with van der Waals surface area (Å²) in [7, 11) is 0. The zero-order valence-electron chi connectivity index (χ0n) is 16.8. The van der Waals surface area contributed by atoms with Gasteiger partial charge in [0, 0.05) is 28.7 Å². The predicted octanol–water partition coefficient (Wildman–Crippen LogP) is 6.22. The molecule has 3 aromatic heterocycles. The normalized spacial score (nSPS) is 11.6. The van der Waals surface area contributed by atoms with Gasteiger partial charge >= 0.3 is 0 Å². The molecule has 8 heteroatoms. The molecule has 0 aliphatic heterocycles. The Kier molecular flexibility index (Phi) is 4.28. The number of benzene rings is 3. The van der Waals surface area contributed by atoms with Crippen molar-refractivity contribution in [2.24, 2.45) is 0 Å². The molecule has 0 radical (unpaired) electrons. The van der Waals surface area contributed by atoms with Gasteiger partial charge in [0.2, 0.25) is 5.95 Å². The number of halogens is 3.